The molecule has 1 aromatic carbocycles. The molecule has 1 N–H and O–H groups in total. The lowest BCUT2D eigenvalue weighted by Crippen LogP contribution is -2.40. The quantitative estimate of drug-likeness (QED) is 0.926. The van der Waals surface area contributed by atoms with Crippen molar-refractivity contribution in [1.82, 2.24) is 14.5 Å². The summed E-state index contributed by atoms with van der Waals surface area (Å²) in [5.41, 5.74) is 3.44. The Kier molecular flexibility index (Phi) is 3.43. The first-order chi connectivity index (χ1) is 10.4. The first-order valence-corrected chi connectivity index (χ1v) is 7.60. The summed E-state index contributed by atoms with van der Waals surface area (Å²) in [6, 6.07) is 5.44. The molecule has 1 saturated heterocycles. The van der Waals surface area contributed by atoms with E-state index in [1.54, 1.807) is 16.2 Å². The maximum absolute atomic E-state index is 12.7. The SMILES string of the molecule is C=C1CC[C@H](n2c(=O)n(C)c3c(C(C)C)cccc32)C(=O)N1. The van der Waals surface area contributed by atoms with Gasteiger partial charge < -0.3 is 5.32 Å². The van der Waals surface area contributed by atoms with E-state index in [2.05, 4.69) is 25.7 Å². The highest BCUT2D eigenvalue weighted by Crippen LogP contribution is 2.29. The molecule has 2 aromatic rings. The number of hydrogen-bond acceptors (Lipinski definition) is 2. The molecule has 1 fully saturated rings. The van der Waals surface area contributed by atoms with Crippen molar-refractivity contribution in [3.63, 3.8) is 0 Å². The fourth-order valence-electron chi connectivity index (χ4n) is 3.24. The lowest BCUT2D eigenvalue weighted by molar-refractivity contribution is -0.124. The van der Waals surface area contributed by atoms with Crippen molar-refractivity contribution in [2.75, 3.05) is 0 Å². The van der Waals surface area contributed by atoms with E-state index < -0.39 is 6.04 Å². The minimum atomic E-state index is -0.468. The number of carbonyl (C=O) groups excluding carboxylic acids is 1. The van der Waals surface area contributed by atoms with Gasteiger partial charge in [0, 0.05) is 12.7 Å². The third-order valence-corrected chi connectivity index (χ3v) is 4.39. The zero-order chi connectivity index (χ0) is 16.0. The second-order valence-electron chi connectivity index (χ2n) is 6.23. The fourth-order valence-corrected chi connectivity index (χ4v) is 3.24. The molecule has 1 aliphatic heterocycles. The summed E-state index contributed by atoms with van der Waals surface area (Å²) in [5.74, 6) is 0.158. The molecular weight excluding hydrogens is 278 g/mol. The molecule has 2 heterocycles. The minimum Gasteiger partial charge on any atom is -0.329 e. The van der Waals surface area contributed by atoms with E-state index in [0.717, 1.165) is 22.3 Å². The van der Waals surface area contributed by atoms with Crippen LogP contribution in [0.5, 0.6) is 0 Å². The molecule has 5 nitrogen and oxygen atoms in total. The van der Waals surface area contributed by atoms with Gasteiger partial charge in [-0.25, -0.2) is 4.79 Å². The van der Waals surface area contributed by atoms with E-state index in [1.807, 2.05) is 18.2 Å². The number of nitrogens with zero attached hydrogens (tertiary/aromatic N) is 2. The molecule has 3 rings (SSSR count). The lowest BCUT2D eigenvalue weighted by atomic mass is 10.0. The van der Waals surface area contributed by atoms with Gasteiger partial charge in [-0.3, -0.25) is 13.9 Å². The number of aromatic nitrogens is 2. The van der Waals surface area contributed by atoms with Gasteiger partial charge in [-0.05, 0) is 30.4 Å². The number of para-hydroxylation sites is 1. The first kappa shape index (κ1) is 14.6. The zero-order valence-electron chi connectivity index (χ0n) is 13.2. The van der Waals surface area contributed by atoms with Gasteiger partial charge in [0.25, 0.3) is 0 Å². The van der Waals surface area contributed by atoms with Gasteiger partial charge in [-0.2, -0.15) is 0 Å². The van der Waals surface area contributed by atoms with E-state index in [4.69, 9.17) is 0 Å². The number of amides is 1. The number of aryl methyl sites for hydroxylation is 1. The van der Waals surface area contributed by atoms with Crippen molar-refractivity contribution >= 4 is 16.9 Å². The smallest absolute Gasteiger partial charge is 0.329 e. The van der Waals surface area contributed by atoms with Gasteiger partial charge in [-0.1, -0.05) is 32.6 Å². The zero-order valence-corrected chi connectivity index (χ0v) is 13.2. The number of rotatable bonds is 2. The first-order valence-electron chi connectivity index (χ1n) is 7.60. The van der Waals surface area contributed by atoms with Crippen LogP contribution in [0.3, 0.4) is 0 Å². The molecule has 0 unspecified atom stereocenters. The van der Waals surface area contributed by atoms with Crippen molar-refractivity contribution in [3.8, 4) is 0 Å². The number of nitrogens with one attached hydrogen (secondary N) is 1. The van der Waals surface area contributed by atoms with E-state index in [9.17, 15) is 9.59 Å². The summed E-state index contributed by atoms with van der Waals surface area (Å²) in [7, 11) is 1.77. The maximum atomic E-state index is 12.7. The minimum absolute atomic E-state index is 0.143. The summed E-state index contributed by atoms with van der Waals surface area (Å²) < 4.78 is 3.28. The van der Waals surface area contributed by atoms with Crippen molar-refractivity contribution < 1.29 is 4.79 Å². The van der Waals surface area contributed by atoms with E-state index in [1.165, 1.54) is 0 Å². The second-order valence-corrected chi connectivity index (χ2v) is 6.23. The summed E-state index contributed by atoms with van der Waals surface area (Å²) in [4.78, 5) is 25.0. The molecule has 22 heavy (non-hydrogen) atoms. The second kappa shape index (κ2) is 5.16. The number of carbonyl (C=O) groups is 1. The fraction of sp³-hybridized carbons (Fsp3) is 0.412. The number of imidazole rings is 1. The largest absolute Gasteiger partial charge is 0.329 e. The van der Waals surface area contributed by atoms with Crippen molar-refractivity contribution in [1.29, 1.82) is 0 Å². The van der Waals surface area contributed by atoms with E-state index in [-0.39, 0.29) is 11.6 Å². The number of hydrogen-bond donors (Lipinski definition) is 1. The standard InChI is InChI=1S/C17H21N3O2/c1-10(2)12-6-5-7-13-15(12)19(4)17(22)20(13)14-9-8-11(3)18-16(14)21/h5-7,10,14H,3,8-9H2,1-2,4H3,(H,18,21)/t14-/m0/s1. The predicted octanol–water partition coefficient (Wildman–Crippen LogP) is 2.43. The van der Waals surface area contributed by atoms with Crippen LogP contribution in [-0.4, -0.2) is 15.0 Å². The van der Waals surface area contributed by atoms with Crippen LogP contribution >= 0.6 is 0 Å². The summed E-state index contributed by atoms with van der Waals surface area (Å²) >= 11 is 0. The highest BCUT2D eigenvalue weighted by Gasteiger charge is 2.29. The molecule has 0 spiro atoms. The molecule has 0 saturated carbocycles. The number of allylic oxidation sites excluding steroid dienone is 1. The molecule has 0 bridgehead atoms. The van der Waals surface area contributed by atoms with Crippen LogP contribution in [-0.2, 0) is 11.8 Å². The molecule has 1 amide bonds. The van der Waals surface area contributed by atoms with Crippen LogP contribution in [0.15, 0.2) is 35.3 Å². The normalized spacial score (nSPS) is 19.0. The summed E-state index contributed by atoms with van der Waals surface area (Å²) in [6.45, 7) is 8.01. The van der Waals surface area contributed by atoms with Gasteiger partial charge in [0.15, 0.2) is 0 Å². The van der Waals surface area contributed by atoms with E-state index in [0.29, 0.717) is 18.8 Å². The molecule has 116 valence electrons. The summed E-state index contributed by atoms with van der Waals surface area (Å²) in [5, 5.41) is 2.76. The monoisotopic (exact) mass is 299 g/mol. The topological polar surface area (TPSA) is 56.0 Å². The van der Waals surface area contributed by atoms with Crippen molar-refractivity contribution in [2.45, 2.75) is 38.6 Å². The Balaban J connectivity index is 2.25. The number of fused-ring (bicyclic) bond motifs is 1. The molecule has 5 heteroatoms. The Bertz CT molecular complexity index is 826. The third-order valence-electron chi connectivity index (χ3n) is 4.39. The Labute approximate surface area is 129 Å². The van der Waals surface area contributed by atoms with Gasteiger partial charge in [0.05, 0.1) is 11.0 Å². The average molecular weight is 299 g/mol. The molecule has 0 aliphatic carbocycles. The van der Waals surface area contributed by atoms with Crippen LogP contribution in [0.25, 0.3) is 11.0 Å². The summed E-state index contributed by atoms with van der Waals surface area (Å²) in [6.07, 6.45) is 1.30. The van der Waals surface area contributed by atoms with Crippen LogP contribution in [0.4, 0.5) is 0 Å². The maximum Gasteiger partial charge on any atom is 0.329 e. The van der Waals surface area contributed by atoms with E-state index >= 15 is 0 Å². The number of benzene rings is 1. The highest BCUT2D eigenvalue weighted by atomic mass is 16.2. The Morgan fingerprint density at radius 3 is 2.68 bits per heavy atom. The van der Waals surface area contributed by atoms with Gasteiger partial charge in [0.2, 0.25) is 5.91 Å². The van der Waals surface area contributed by atoms with Crippen LogP contribution < -0.4 is 11.0 Å². The molecular formula is C17H21N3O2. The Morgan fingerprint density at radius 1 is 1.32 bits per heavy atom. The van der Waals surface area contributed by atoms with Crippen molar-refractivity contribution in [2.24, 2.45) is 7.05 Å². The predicted molar refractivity (Wildman–Crippen MR) is 86.8 cm³/mol. The molecule has 1 atom stereocenters. The molecule has 1 aromatic heterocycles. The van der Waals surface area contributed by atoms with Crippen molar-refractivity contribution in [3.05, 3.63) is 46.5 Å². The molecule has 1 aliphatic rings. The number of piperidine rings is 1. The van der Waals surface area contributed by atoms with Crippen LogP contribution in [0.2, 0.25) is 0 Å². The van der Waals surface area contributed by atoms with Crippen LogP contribution in [0.1, 0.15) is 44.2 Å². The lowest BCUT2D eigenvalue weighted by Gasteiger charge is -2.24. The Morgan fingerprint density at radius 2 is 2.05 bits per heavy atom. The average Bonchev–Trinajstić information content (AvgIpc) is 2.72. The van der Waals surface area contributed by atoms with Gasteiger partial charge in [0.1, 0.15) is 6.04 Å². The highest BCUT2D eigenvalue weighted by molar-refractivity contribution is 5.87. The van der Waals surface area contributed by atoms with Crippen LogP contribution in [0, 0.1) is 0 Å². The van der Waals surface area contributed by atoms with Gasteiger partial charge in [-0.15, -0.1) is 0 Å². The third kappa shape index (κ3) is 2.08. The Hall–Kier alpha value is -2.30. The molecule has 0 radical (unpaired) electrons. The van der Waals surface area contributed by atoms with Gasteiger partial charge >= 0.3 is 5.69 Å².